The average molecular weight is 238 g/mol. The summed E-state index contributed by atoms with van der Waals surface area (Å²) in [6.07, 6.45) is -5.40. The highest BCUT2D eigenvalue weighted by atomic mass is 35.5. The Kier molecular flexibility index (Phi) is 3.24. The van der Waals surface area contributed by atoms with Gasteiger partial charge >= 0.3 is 6.18 Å². The smallest absolute Gasteiger partial charge is 0.416 e. The van der Waals surface area contributed by atoms with Gasteiger partial charge in [-0.05, 0) is 23.8 Å². The summed E-state index contributed by atoms with van der Waals surface area (Å²) in [7, 11) is 0. The third kappa shape index (κ3) is 3.13. The number of rotatable bonds is 2. The van der Waals surface area contributed by atoms with Gasteiger partial charge in [-0.1, -0.05) is 11.6 Å². The minimum absolute atomic E-state index is 0.0549. The first-order chi connectivity index (χ1) is 6.80. The molecule has 2 nitrogen and oxygen atoms in total. The molecule has 0 atom stereocenters. The van der Waals surface area contributed by atoms with Gasteiger partial charge in [0.2, 0.25) is 0 Å². The predicted molar refractivity (Wildman–Crippen MR) is 45.2 cm³/mol. The lowest BCUT2D eigenvalue weighted by Crippen LogP contribution is -2.25. The number of benzene rings is 1. The summed E-state index contributed by atoms with van der Waals surface area (Å²) in [6.45, 7) is 0. The van der Waals surface area contributed by atoms with Crippen LogP contribution in [0.3, 0.4) is 0 Å². The van der Waals surface area contributed by atoms with Crippen molar-refractivity contribution in [3.05, 3.63) is 34.3 Å². The van der Waals surface area contributed by atoms with Gasteiger partial charge in [0, 0.05) is 17.4 Å². The van der Waals surface area contributed by atoms with Crippen LogP contribution in [0, 0.1) is 0 Å². The van der Waals surface area contributed by atoms with Gasteiger partial charge in [-0.25, -0.2) is 0 Å². The molecular weight excluding hydrogens is 233 g/mol. The third-order valence-electron chi connectivity index (χ3n) is 1.71. The monoisotopic (exact) mass is 237 g/mol. The first-order valence-electron chi connectivity index (χ1n) is 3.86. The van der Waals surface area contributed by atoms with Gasteiger partial charge in [0.15, 0.2) is 0 Å². The maximum absolute atomic E-state index is 12.4. The number of carbonyl (C=O) groups is 1. The van der Waals surface area contributed by atoms with Gasteiger partial charge < -0.3 is 9.90 Å². The molecule has 1 aromatic carbocycles. The van der Waals surface area contributed by atoms with Crippen LogP contribution < -0.4 is 5.11 Å². The number of carbonyl (C=O) groups excluding carboxylic acids is 1. The molecule has 1 rings (SSSR count). The lowest BCUT2D eigenvalue weighted by molar-refractivity contribution is -0.304. The Balaban J connectivity index is 3.20. The van der Waals surface area contributed by atoms with Crippen LogP contribution in [0.1, 0.15) is 11.1 Å². The van der Waals surface area contributed by atoms with Crippen molar-refractivity contribution in [1.29, 1.82) is 0 Å². The first-order valence-corrected chi connectivity index (χ1v) is 4.24. The van der Waals surface area contributed by atoms with Crippen LogP contribution in [0.4, 0.5) is 13.2 Å². The van der Waals surface area contributed by atoms with E-state index in [1.54, 1.807) is 0 Å². The summed E-state index contributed by atoms with van der Waals surface area (Å²) < 4.78 is 37.1. The topological polar surface area (TPSA) is 40.1 Å². The Labute approximate surface area is 88.3 Å². The maximum atomic E-state index is 12.4. The van der Waals surface area contributed by atoms with Crippen molar-refractivity contribution in [2.75, 3.05) is 0 Å². The molecule has 0 saturated carbocycles. The second kappa shape index (κ2) is 4.10. The quantitative estimate of drug-likeness (QED) is 0.785. The Hall–Kier alpha value is -1.23. The van der Waals surface area contributed by atoms with Crippen molar-refractivity contribution >= 4 is 17.6 Å². The van der Waals surface area contributed by atoms with Gasteiger partial charge in [-0.15, -0.1) is 0 Å². The standard InChI is InChI=1S/C9H6ClF3O2/c10-6-1-2-7(9(11,12)13)5(3-6)4-8(14)15/h1-3H,4H2,(H,14,15)/p-1. The van der Waals surface area contributed by atoms with Crippen LogP contribution in [-0.2, 0) is 17.4 Å². The number of carboxylic acid groups (broad SMARTS) is 1. The summed E-state index contributed by atoms with van der Waals surface area (Å²) in [4.78, 5) is 10.2. The SMILES string of the molecule is O=C([O-])Cc1cc(Cl)ccc1C(F)(F)F. The van der Waals surface area contributed by atoms with E-state index in [-0.39, 0.29) is 5.02 Å². The van der Waals surface area contributed by atoms with Crippen LogP contribution in [0.25, 0.3) is 0 Å². The molecule has 0 amide bonds. The summed E-state index contributed by atoms with van der Waals surface area (Å²) in [5.41, 5.74) is -1.40. The molecule has 0 heterocycles. The summed E-state index contributed by atoms with van der Waals surface area (Å²) >= 11 is 5.47. The second-order valence-corrected chi connectivity index (χ2v) is 3.28. The minimum Gasteiger partial charge on any atom is -0.550 e. The van der Waals surface area contributed by atoms with Crippen LogP contribution >= 0.6 is 11.6 Å². The first kappa shape index (κ1) is 11.8. The third-order valence-corrected chi connectivity index (χ3v) is 1.94. The molecule has 82 valence electrons. The molecule has 0 saturated heterocycles. The highest BCUT2D eigenvalue weighted by Crippen LogP contribution is 2.33. The Bertz CT molecular complexity index is 387. The fourth-order valence-corrected chi connectivity index (χ4v) is 1.34. The number of hydrogen-bond acceptors (Lipinski definition) is 2. The molecule has 1 aromatic rings. The van der Waals surface area contributed by atoms with E-state index >= 15 is 0 Å². The molecule has 0 bridgehead atoms. The van der Waals surface area contributed by atoms with Crippen molar-refractivity contribution in [1.82, 2.24) is 0 Å². The molecule has 0 aliphatic rings. The van der Waals surface area contributed by atoms with Crippen LogP contribution in [-0.4, -0.2) is 5.97 Å². The van der Waals surface area contributed by atoms with Gasteiger partial charge in [-0.2, -0.15) is 13.2 Å². The molecule has 0 unspecified atom stereocenters. The fraction of sp³-hybridized carbons (Fsp3) is 0.222. The van der Waals surface area contributed by atoms with Gasteiger partial charge in [0.05, 0.1) is 5.56 Å². The molecule has 0 N–H and O–H groups in total. The largest absolute Gasteiger partial charge is 0.550 e. The van der Waals surface area contributed by atoms with E-state index in [1.807, 2.05) is 0 Å². The molecule has 0 radical (unpaired) electrons. The minimum atomic E-state index is -4.59. The maximum Gasteiger partial charge on any atom is 0.416 e. The highest BCUT2D eigenvalue weighted by molar-refractivity contribution is 6.30. The van der Waals surface area contributed by atoms with Gasteiger partial charge in [0.1, 0.15) is 0 Å². The van der Waals surface area contributed by atoms with E-state index in [2.05, 4.69) is 0 Å². The molecule has 0 spiro atoms. The van der Waals surface area contributed by atoms with E-state index < -0.39 is 29.7 Å². The number of carboxylic acids is 1. The van der Waals surface area contributed by atoms with Crippen molar-refractivity contribution < 1.29 is 23.1 Å². The van der Waals surface area contributed by atoms with E-state index in [0.29, 0.717) is 0 Å². The van der Waals surface area contributed by atoms with Crippen molar-refractivity contribution in [3.63, 3.8) is 0 Å². The van der Waals surface area contributed by atoms with Crippen molar-refractivity contribution in [2.45, 2.75) is 12.6 Å². The van der Waals surface area contributed by atoms with Crippen molar-refractivity contribution in [2.24, 2.45) is 0 Å². The summed E-state index contributed by atoms with van der Waals surface area (Å²) in [5.74, 6) is -1.58. The van der Waals surface area contributed by atoms with Crippen LogP contribution in [0.5, 0.6) is 0 Å². The summed E-state index contributed by atoms with van der Waals surface area (Å²) in [5, 5.41) is 10.3. The molecule has 0 fully saturated rings. The van der Waals surface area contributed by atoms with E-state index in [9.17, 15) is 23.1 Å². The van der Waals surface area contributed by atoms with Crippen molar-refractivity contribution in [3.8, 4) is 0 Å². The number of halogens is 4. The van der Waals surface area contributed by atoms with Gasteiger partial charge in [0.25, 0.3) is 0 Å². The Morgan fingerprint density at radius 1 is 1.40 bits per heavy atom. The molecule has 6 heteroatoms. The number of aliphatic carboxylic acids is 1. The van der Waals surface area contributed by atoms with Crippen LogP contribution in [0.15, 0.2) is 18.2 Å². The lowest BCUT2D eigenvalue weighted by Gasteiger charge is -2.13. The lowest BCUT2D eigenvalue weighted by atomic mass is 10.0. The highest BCUT2D eigenvalue weighted by Gasteiger charge is 2.33. The van der Waals surface area contributed by atoms with Gasteiger partial charge in [-0.3, -0.25) is 0 Å². The number of hydrogen-bond donors (Lipinski definition) is 0. The fourth-order valence-electron chi connectivity index (χ4n) is 1.14. The normalized spacial score (nSPS) is 11.5. The van der Waals surface area contributed by atoms with E-state index in [4.69, 9.17) is 11.6 Å². The van der Waals surface area contributed by atoms with Crippen LogP contribution in [0.2, 0.25) is 5.02 Å². The second-order valence-electron chi connectivity index (χ2n) is 2.85. The van der Waals surface area contributed by atoms with E-state index in [0.717, 1.165) is 18.2 Å². The number of alkyl halides is 3. The Morgan fingerprint density at radius 2 is 2.00 bits per heavy atom. The molecule has 0 aromatic heterocycles. The van der Waals surface area contributed by atoms with E-state index in [1.165, 1.54) is 0 Å². The molecular formula is C9H5ClF3O2-. The Morgan fingerprint density at radius 3 is 2.47 bits per heavy atom. The molecule has 0 aliphatic carbocycles. The molecule has 15 heavy (non-hydrogen) atoms. The predicted octanol–water partition coefficient (Wildman–Crippen LogP) is 1.65. The zero-order valence-corrected chi connectivity index (χ0v) is 8.02. The zero-order valence-electron chi connectivity index (χ0n) is 7.27. The average Bonchev–Trinajstić information content (AvgIpc) is 1.99. The molecule has 0 aliphatic heterocycles. The zero-order chi connectivity index (χ0) is 11.6. The summed E-state index contributed by atoms with van der Waals surface area (Å²) in [6, 6.07) is 2.78.